The van der Waals surface area contributed by atoms with Crippen molar-refractivity contribution in [3.8, 4) is 5.75 Å². The van der Waals surface area contributed by atoms with E-state index in [1.807, 2.05) is 0 Å². The Labute approximate surface area is 149 Å². The zero-order chi connectivity index (χ0) is 18.7. The largest absolute Gasteiger partial charge is 0.494 e. The maximum absolute atomic E-state index is 14.2. The van der Waals surface area contributed by atoms with Gasteiger partial charge >= 0.3 is 0 Å². The van der Waals surface area contributed by atoms with E-state index in [4.69, 9.17) is 10.5 Å². The first kappa shape index (κ1) is 18.2. The normalized spacial score (nSPS) is 17.4. The number of methoxy groups -OCH3 is 1. The van der Waals surface area contributed by atoms with Gasteiger partial charge in [-0.1, -0.05) is 5.21 Å². The van der Waals surface area contributed by atoms with Gasteiger partial charge in [0.05, 0.1) is 18.4 Å². The lowest BCUT2D eigenvalue weighted by atomic mass is 9.97. The van der Waals surface area contributed by atoms with Gasteiger partial charge in [0.15, 0.2) is 11.6 Å². The zero-order valence-corrected chi connectivity index (χ0v) is 14.5. The number of carbonyl (C=O) groups is 1. The lowest BCUT2D eigenvalue weighted by Gasteiger charge is -2.32. The molecule has 2 aromatic rings. The lowest BCUT2D eigenvalue weighted by molar-refractivity contribution is 0.0653. The maximum Gasteiger partial charge on any atom is 0.256 e. The fraction of sp³-hybridized carbons (Fsp3) is 0.471. The van der Waals surface area contributed by atoms with Gasteiger partial charge in [0.1, 0.15) is 0 Å². The molecule has 2 heterocycles. The first-order valence-corrected chi connectivity index (χ1v) is 8.43. The lowest BCUT2D eigenvalue weighted by Crippen LogP contribution is -2.41. The molecule has 0 bridgehead atoms. The fourth-order valence-electron chi connectivity index (χ4n) is 3.21. The Morgan fingerprint density at radius 3 is 2.88 bits per heavy atom. The monoisotopic (exact) mass is 365 g/mol. The molecule has 140 valence electrons. The summed E-state index contributed by atoms with van der Waals surface area (Å²) in [4.78, 5) is 14.2. The summed E-state index contributed by atoms with van der Waals surface area (Å²) >= 11 is 0. The molecule has 26 heavy (non-hydrogen) atoms. The highest BCUT2D eigenvalue weighted by Gasteiger charge is 2.28. The van der Waals surface area contributed by atoms with Crippen LogP contribution < -0.4 is 10.5 Å². The molecule has 0 radical (unpaired) electrons. The number of nitrogens with two attached hydrogens (primary N) is 1. The predicted octanol–water partition coefficient (Wildman–Crippen LogP) is 1.58. The molecular weight excluding hydrogens is 344 g/mol. The third-order valence-electron chi connectivity index (χ3n) is 4.54. The standard InChI is InChI=1S/C17H21F2N5O2/c1-26-14-5-4-13(15(18)16(14)19)17(25)23-6-2-3-11(8-23)9-24-10-12(7-20)21-22-24/h4-5,10-11H,2-3,6-9,20H2,1H3. The van der Waals surface area contributed by atoms with E-state index >= 15 is 0 Å². The molecule has 3 rings (SSSR count). The Bertz CT molecular complexity index is 795. The zero-order valence-electron chi connectivity index (χ0n) is 14.5. The van der Waals surface area contributed by atoms with Crippen molar-refractivity contribution < 1.29 is 18.3 Å². The number of hydrogen-bond donors (Lipinski definition) is 1. The van der Waals surface area contributed by atoms with Crippen molar-refractivity contribution in [2.75, 3.05) is 20.2 Å². The second-order valence-electron chi connectivity index (χ2n) is 6.34. The second-order valence-corrected chi connectivity index (χ2v) is 6.34. The number of aromatic nitrogens is 3. The summed E-state index contributed by atoms with van der Waals surface area (Å²) in [6.07, 6.45) is 3.48. The van der Waals surface area contributed by atoms with E-state index in [-0.39, 0.29) is 17.2 Å². The van der Waals surface area contributed by atoms with Crippen LogP contribution in [0.2, 0.25) is 0 Å². The minimum atomic E-state index is -1.18. The highest BCUT2D eigenvalue weighted by molar-refractivity contribution is 5.94. The molecule has 0 saturated carbocycles. The number of amides is 1. The van der Waals surface area contributed by atoms with Crippen LogP contribution in [-0.2, 0) is 13.1 Å². The summed E-state index contributed by atoms with van der Waals surface area (Å²) in [5.74, 6) is -2.91. The Morgan fingerprint density at radius 2 is 2.19 bits per heavy atom. The summed E-state index contributed by atoms with van der Waals surface area (Å²) in [6.45, 7) is 1.87. The van der Waals surface area contributed by atoms with Crippen LogP contribution in [-0.4, -0.2) is 46.0 Å². The molecule has 2 N–H and O–H groups in total. The van der Waals surface area contributed by atoms with E-state index in [9.17, 15) is 13.6 Å². The number of hydrogen-bond acceptors (Lipinski definition) is 5. The van der Waals surface area contributed by atoms with Gasteiger partial charge in [0.2, 0.25) is 5.82 Å². The van der Waals surface area contributed by atoms with E-state index in [2.05, 4.69) is 10.3 Å². The van der Waals surface area contributed by atoms with Gasteiger partial charge in [-0.15, -0.1) is 5.10 Å². The molecule has 1 fully saturated rings. The molecule has 1 amide bonds. The van der Waals surface area contributed by atoms with Crippen LogP contribution in [0.15, 0.2) is 18.3 Å². The van der Waals surface area contributed by atoms with Crippen molar-refractivity contribution in [2.45, 2.75) is 25.9 Å². The first-order chi connectivity index (χ1) is 12.5. The van der Waals surface area contributed by atoms with Gasteiger partial charge in [-0.05, 0) is 30.9 Å². The molecular formula is C17H21F2N5O2. The SMILES string of the molecule is COc1ccc(C(=O)N2CCCC(Cn3cc(CN)nn3)C2)c(F)c1F. The van der Waals surface area contributed by atoms with Crippen molar-refractivity contribution in [2.24, 2.45) is 11.7 Å². The number of rotatable bonds is 5. The maximum atomic E-state index is 14.2. The van der Waals surface area contributed by atoms with Crippen LogP contribution in [0.4, 0.5) is 8.78 Å². The molecule has 1 aliphatic heterocycles. The number of likely N-dealkylation sites (tertiary alicyclic amines) is 1. The predicted molar refractivity (Wildman–Crippen MR) is 89.5 cm³/mol. The third kappa shape index (κ3) is 3.67. The van der Waals surface area contributed by atoms with Crippen molar-refractivity contribution in [1.82, 2.24) is 19.9 Å². The van der Waals surface area contributed by atoms with Crippen molar-refractivity contribution >= 4 is 5.91 Å². The molecule has 0 spiro atoms. The van der Waals surface area contributed by atoms with Crippen molar-refractivity contribution in [1.29, 1.82) is 0 Å². The Balaban J connectivity index is 1.71. The van der Waals surface area contributed by atoms with E-state index < -0.39 is 17.5 Å². The van der Waals surface area contributed by atoms with E-state index in [0.717, 1.165) is 12.8 Å². The minimum Gasteiger partial charge on any atom is -0.494 e. The average Bonchev–Trinajstić information content (AvgIpc) is 3.11. The number of carbonyl (C=O) groups excluding carboxylic acids is 1. The molecule has 1 saturated heterocycles. The summed E-state index contributed by atoms with van der Waals surface area (Å²) in [7, 11) is 1.24. The molecule has 1 aromatic carbocycles. The quantitative estimate of drug-likeness (QED) is 0.869. The van der Waals surface area contributed by atoms with E-state index in [1.165, 1.54) is 19.2 Å². The number of halogens is 2. The molecule has 1 atom stereocenters. The molecule has 1 aromatic heterocycles. The van der Waals surface area contributed by atoms with E-state index in [0.29, 0.717) is 31.9 Å². The fourth-order valence-corrected chi connectivity index (χ4v) is 3.21. The molecule has 9 heteroatoms. The molecule has 7 nitrogen and oxygen atoms in total. The average molecular weight is 365 g/mol. The summed E-state index contributed by atoms with van der Waals surface area (Å²) in [5, 5.41) is 7.96. The number of nitrogens with zero attached hydrogens (tertiary/aromatic N) is 4. The van der Waals surface area contributed by atoms with Crippen LogP contribution in [0, 0.1) is 17.6 Å². The Hall–Kier alpha value is -2.55. The van der Waals surface area contributed by atoms with Gasteiger partial charge in [0, 0.05) is 32.4 Å². The molecule has 1 unspecified atom stereocenters. The van der Waals surface area contributed by atoms with Crippen molar-refractivity contribution in [3.63, 3.8) is 0 Å². The summed E-state index contributed by atoms with van der Waals surface area (Å²) < 4.78 is 34.5. The highest BCUT2D eigenvalue weighted by atomic mass is 19.2. The van der Waals surface area contributed by atoms with Gasteiger partial charge in [-0.3, -0.25) is 9.48 Å². The Morgan fingerprint density at radius 1 is 1.38 bits per heavy atom. The molecule has 0 aliphatic carbocycles. The van der Waals surface area contributed by atoms with Gasteiger partial charge < -0.3 is 15.4 Å². The summed E-state index contributed by atoms with van der Waals surface area (Å²) in [6, 6.07) is 2.52. The van der Waals surface area contributed by atoms with Crippen LogP contribution in [0.25, 0.3) is 0 Å². The van der Waals surface area contributed by atoms with Gasteiger partial charge in [-0.2, -0.15) is 4.39 Å². The highest BCUT2D eigenvalue weighted by Crippen LogP contribution is 2.25. The number of benzene rings is 1. The third-order valence-corrected chi connectivity index (χ3v) is 4.54. The molecule has 1 aliphatic rings. The second kappa shape index (κ2) is 7.77. The minimum absolute atomic E-state index is 0.159. The summed E-state index contributed by atoms with van der Waals surface area (Å²) in [5.41, 5.74) is 5.94. The van der Waals surface area contributed by atoms with Crippen LogP contribution in [0.3, 0.4) is 0 Å². The van der Waals surface area contributed by atoms with Crippen LogP contribution >= 0.6 is 0 Å². The first-order valence-electron chi connectivity index (χ1n) is 8.43. The van der Waals surface area contributed by atoms with Crippen molar-refractivity contribution in [3.05, 3.63) is 41.2 Å². The smallest absolute Gasteiger partial charge is 0.256 e. The number of ether oxygens (including phenoxy) is 1. The number of piperidine rings is 1. The van der Waals surface area contributed by atoms with Gasteiger partial charge in [-0.25, -0.2) is 4.39 Å². The van der Waals surface area contributed by atoms with E-state index in [1.54, 1.807) is 15.8 Å². The van der Waals surface area contributed by atoms with Gasteiger partial charge in [0.25, 0.3) is 5.91 Å². The van der Waals surface area contributed by atoms with Crippen LogP contribution in [0.5, 0.6) is 5.75 Å². The topological polar surface area (TPSA) is 86.3 Å². The Kier molecular flexibility index (Phi) is 5.46. The van der Waals surface area contributed by atoms with Crippen LogP contribution in [0.1, 0.15) is 28.9 Å².